The van der Waals surface area contributed by atoms with Gasteiger partial charge in [0.2, 0.25) is 0 Å². The Bertz CT molecular complexity index is 544. The number of nitrogens with one attached hydrogen (secondary N) is 1. The first kappa shape index (κ1) is 14.4. The highest BCUT2D eigenvalue weighted by Gasteiger charge is 2.08. The summed E-state index contributed by atoms with van der Waals surface area (Å²) in [6.45, 7) is 0.180. The van der Waals surface area contributed by atoms with Crippen LogP contribution in [0.2, 0.25) is 0 Å². The van der Waals surface area contributed by atoms with Crippen molar-refractivity contribution in [3.63, 3.8) is 0 Å². The van der Waals surface area contributed by atoms with E-state index in [2.05, 4.69) is 15.0 Å². The van der Waals surface area contributed by atoms with Gasteiger partial charge in [-0.2, -0.15) is 8.78 Å². The number of hydrogen-bond acceptors (Lipinski definition) is 3. The Kier molecular flexibility index (Phi) is 5.01. The van der Waals surface area contributed by atoms with E-state index in [0.29, 0.717) is 18.7 Å². The molecule has 1 heterocycles. The number of ether oxygens (including phenoxy) is 1. The van der Waals surface area contributed by atoms with Gasteiger partial charge in [0.25, 0.3) is 0 Å². The van der Waals surface area contributed by atoms with Crippen LogP contribution in [0.5, 0.6) is 5.75 Å². The highest BCUT2D eigenvalue weighted by atomic mass is 19.3. The van der Waals surface area contributed by atoms with E-state index in [1.165, 1.54) is 6.07 Å². The van der Waals surface area contributed by atoms with Gasteiger partial charge in [-0.05, 0) is 24.6 Å². The lowest BCUT2D eigenvalue weighted by atomic mass is 10.2. The van der Waals surface area contributed by atoms with Crippen LogP contribution in [0, 0.1) is 6.92 Å². The molecule has 0 atom stereocenters. The Balaban J connectivity index is 1.92. The second kappa shape index (κ2) is 6.96. The van der Waals surface area contributed by atoms with E-state index in [4.69, 9.17) is 0 Å². The van der Waals surface area contributed by atoms with Crippen molar-refractivity contribution in [2.75, 3.05) is 0 Å². The molecule has 2 aromatic rings. The lowest BCUT2D eigenvalue weighted by molar-refractivity contribution is -0.0505. The minimum atomic E-state index is -2.81. The van der Waals surface area contributed by atoms with E-state index < -0.39 is 6.61 Å². The van der Waals surface area contributed by atoms with Gasteiger partial charge >= 0.3 is 6.61 Å². The molecule has 106 valence electrons. The lowest BCUT2D eigenvalue weighted by Crippen LogP contribution is -2.15. The summed E-state index contributed by atoms with van der Waals surface area (Å²) in [5.41, 5.74) is 2.70. The molecule has 3 nitrogen and oxygen atoms in total. The van der Waals surface area contributed by atoms with Gasteiger partial charge in [0, 0.05) is 24.8 Å². The molecule has 1 aromatic heterocycles. The minimum absolute atomic E-state index is 0.201. The Morgan fingerprint density at radius 3 is 2.65 bits per heavy atom. The maximum absolute atomic E-state index is 12.3. The number of nitrogens with zero attached hydrogens (tertiary/aromatic N) is 1. The number of aromatic nitrogens is 1. The van der Waals surface area contributed by atoms with E-state index in [1.807, 2.05) is 19.1 Å². The van der Waals surface area contributed by atoms with Gasteiger partial charge in [-0.3, -0.25) is 4.98 Å². The third-order valence-electron chi connectivity index (χ3n) is 2.78. The second-order valence-corrected chi connectivity index (χ2v) is 4.42. The summed E-state index contributed by atoms with van der Waals surface area (Å²) in [6.07, 6.45) is 1.80. The highest BCUT2D eigenvalue weighted by Crippen LogP contribution is 2.19. The van der Waals surface area contributed by atoms with Gasteiger partial charge in [-0.15, -0.1) is 0 Å². The first-order valence-corrected chi connectivity index (χ1v) is 6.30. The molecular formula is C15H16F2N2O. The molecule has 1 N–H and O–H groups in total. The predicted octanol–water partition coefficient (Wildman–Crippen LogP) is 3.28. The molecule has 0 fully saturated rings. The Morgan fingerprint density at radius 1 is 1.15 bits per heavy atom. The van der Waals surface area contributed by atoms with Crippen molar-refractivity contribution >= 4 is 0 Å². The van der Waals surface area contributed by atoms with E-state index in [-0.39, 0.29) is 5.75 Å². The summed E-state index contributed by atoms with van der Waals surface area (Å²) in [4.78, 5) is 4.27. The standard InChI is InChI=1S/C15H16F2N2O/c1-11-6-7-13(19-8-11)10-18-9-12-4-2-3-5-14(12)20-15(16)17/h2-8,15,18H,9-10H2,1H3. The maximum Gasteiger partial charge on any atom is 0.387 e. The van der Waals surface area contributed by atoms with Gasteiger partial charge in [0.1, 0.15) is 5.75 Å². The molecule has 0 spiro atoms. The van der Waals surface area contributed by atoms with Gasteiger partial charge in [0.15, 0.2) is 0 Å². The molecule has 0 saturated carbocycles. The van der Waals surface area contributed by atoms with E-state index in [1.54, 1.807) is 24.4 Å². The molecule has 1 aromatic carbocycles. The number of benzene rings is 1. The lowest BCUT2D eigenvalue weighted by Gasteiger charge is -2.11. The minimum Gasteiger partial charge on any atom is -0.434 e. The Labute approximate surface area is 116 Å². The number of halogens is 2. The summed E-state index contributed by atoms with van der Waals surface area (Å²) in [5, 5.41) is 3.16. The summed E-state index contributed by atoms with van der Waals surface area (Å²) in [5.74, 6) is 0.201. The molecule has 0 aliphatic heterocycles. The van der Waals surface area contributed by atoms with E-state index in [0.717, 1.165) is 11.3 Å². The monoisotopic (exact) mass is 278 g/mol. The number of pyridine rings is 1. The third-order valence-corrected chi connectivity index (χ3v) is 2.78. The molecular weight excluding hydrogens is 262 g/mol. The zero-order valence-corrected chi connectivity index (χ0v) is 11.1. The van der Waals surface area contributed by atoms with Crippen LogP contribution in [0.25, 0.3) is 0 Å². The molecule has 0 amide bonds. The van der Waals surface area contributed by atoms with Crippen LogP contribution in [0.3, 0.4) is 0 Å². The van der Waals surface area contributed by atoms with Crippen molar-refractivity contribution in [3.8, 4) is 5.75 Å². The predicted molar refractivity (Wildman–Crippen MR) is 72.6 cm³/mol. The number of hydrogen-bond donors (Lipinski definition) is 1. The molecule has 20 heavy (non-hydrogen) atoms. The summed E-state index contributed by atoms with van der Waals surface area (Å²) in [6, 6.07) is 10.7. The van der Waals surface area contributed by atoms with Crippen molar-refractivity contribution in [3.05, 3.63) is 59.4 Å². The quantitative estimate of drug-likeness (QED) is 0.880. The fourth-order valence-corrected chi connectivity index (χ4v) is 1.79. The van der Waals surface area contributed by atoms with Crippen molar-refractivity contribution in [1.29, 1.82) is 0 Å². The second-order valence-electron chi connectivity index (χ2n) is 4.42. The topological polar surface area (TPSA) is 34.1 Å². The van der Waals surface area contributed by atoms with Crippen LogP contribution < -0.4 is 10.1 Å². The highest BCUT2D eigenvalue weighted by molar-refractivity contribution is 5.33. The van der Waals surface area contributed by atoms with Gasteiger partial charge in [0.05, 0.1) is 5.69 Å². The number of para-hydroxylation sites is 1. The molecule has 0 bridgehead atoms. The summed E-state index contributed by atoms with van der Waals surface area (Å²) in [7, 11) is 0. The fourth-order valence-electron chi connectivity index (χ4n) is 1.79. The van der Waals surface area contributed by atoms with Gasteiger partial charge in [-0.1, -0.05) is 24.3 Å². The zero-order valence-electron chi connectivity index (χ0n) is 11.1. The molecule has 5 heteroatoms. The average Bonchev–Trinajstić information content (AvgIpc) is 2.42. The molecule has 0 saturated heterocycles. The Hall–Kier alpha value is -2.01. The largest absolute Gasteiger partial charge is 0.434 e. The van der Waals surface area contributed by atoms with Crippen LogP contribution in [0.1, 0.15) is 16.8 Å². The Morgan fingerprint density at radius 2 is 1.95 bits per heavy atom. The van der Waals surface area contributed by atoms with Crippen LogP contribution in [0.4, 0.5) is 8.78 Å². The first-order valence-electron chi connectivity index (χ1n) is 6.30. The van der Waals surface area contributed by atoms with E-state index >= 15 is 0 Å². The van der Waals surface area contributed by atoms with Crippen LogP contribution >= 0.6 is 0 Å². The van der Waals surface area contributed by atoms with Crippen LogP contribution in [-0.2, 0) is 13.1 Å². The molecule has 0 unspecified atom stereocenters. The first-order chi connectivity index (χ1) is 9.65. The van der Waals surface area contributed by atoms with Crippen molar-refractivity contribution in [1.82, 2.24) is 10.3 Å². The summed E-state index contributed by atoms with van der Waals surface area (Å²) < 4.78 is 29.0. The average molecular weight is 278 g/mol. The van der Waals surface area contributed by atoms with Crippen LogP contribution in [-0.4, -0.2) is 11.6 Å². The van der Waals surface area contributed by atoms with Crippen molar-refractivity contribution in [2.24, 2.45) is 0 Å². The summed E-state index contributed by atoms with van der Waals surface area (Å²) >= 11 is 0. The smallest absolute Gasteiger partial charge is 0.387 e. The molecule has 0 radical (unpaired) electrons. The van der Waals surface area contributed by atoms with Crippen molar-refractivity contribution < 1.29 is 13.5 Å². The molecule has 0 aliphatic carbocycles. The van der Waals surface area contributed by atoms with Gasteiger partial charge in [-0.25, -0.2) is 0 Å². The number of alkyl halides is 2. The van der Waals surface area contributed by atoms with Crippen molar-refractivity contribution in [2.45, 2.75) is 26.6 Å². The van der Waals surface area contributed by atoms with E-state index in [9.17, 15) is 8.78 Å². The maximum atomic E-state index is 12.3. The third kappa shape index (κ3) is 4.28. The zero-order chi connectivity index (χ0) is 14.4. The number of rotatable bonds is 6. The number of aryl methyl sites for hydroxylation is 1. The SMILES string of the molecule is Cc1ccc(CNCc2ccccc2OC(F)F)nc1. The molecule has 0 aliphatic rings. The fraction of sp³-hybridized carbons (Fsp3) is 0.267. The van der Waals surface area contributed by atoms with Gasteiger partial charge < -0.3 is 10.1 Å². The van der Waals surface area contributed by atoms with Crippen LogP contribution in [0.15, 0.2) is 42.6 Å². The normalized spacial score (nSPS) is 10.8. The molecule has 2 rings (SSSR count).